The number of hydrogen-bond donors (Lipinski definition) is 0. The fourth-order valence-electron chi connectivity index (χ4n) is 3.15. The first kappa shape index (κ1) is 20.5. The molecule has 28 heavy (non-hydrogen) atoms. The van der Waals surface area contributed by atoms with E-state index in [0.717, 1.165) is 27.2 Å². The Morgan fingerprint density at radius 2 is 1.86 bits per heavy atom. The van der Waals surface area contributed by atoms with Crippen LogP contribution in [0.1, 0.15) is 20.8 Å². The molecule has 1 amide bonds. The second-order valence-corrected chi connectivity index (χ2v) is 8.53. The van der Waals surface area contributed by atoms with Gasteiger partial charge < -0.3 is 19.3 Å². The molecule has 0 atom stereocenters. The summed E-state index contributed by atoms with van der Waals surface area (Å²) in [5.74, 6) is 1.69. The zero-order valence-electron chi connectivity index (χ0n) is 16.7. The van der Waals surface area contributed by atoms with Gasteiger partial charge in [-0.15, -0.1) is 0 Å². The number of benzene rings is 1. The molecule has 0 radical (unpaired) electrons. The maximum atomic E-state index is 12.2. The topological polar surface area (TPSA) is 54.9 Å². The van der Waals surface area contributed by atoms with Crippen LogP contribution in [0.4, 0.5) is 10.6 Å². The molecule has 0 unspecified atom stereocenters. The monoisotopic (exact) mass is 447 g/mol. The number of anilines is 1. The normalized spacial score (nSPS) is 14.8. The summed E-state index contributed by atoms with van der Waals surface area (Å²) in [5.41, 5.74) is 1.57. The second-order valence-electron chi connectivity index (χ2n) is 7.68. The summed E-state index contributed by atoms with van der Waals surface area (Å²) in [6.45, 7) is 8.30. The van der Waals surface area contributed by atoms with Gasteiger partial charge >= 0.3 is 6.09 Å². The number of carbonyl (C=O) groups is 1. The van der Waals surface area contributed by atoms with E-state index in [4.69, 9.17) is 9.47 Å². The van der Waals surface area contributed by atoms with Crippen molar-refractivity contribution in [3.8, 4) is 16.9 Å². The number of methoxy groups -OCH3 is 1. The standard InChI is InChI=1S/C21H26BrN3O3/c1-21(2,3)28-20(26)25-12-10-24(11-13-25)18-14-15(8-9-23-18)16-6-5-7-17(22)19(16)27-4/h5-9,14H,10-13H2,1-4H3. The van der Waals surface area contributed by atoms with Crippen LogP contribution in [0.5, 0.6) is 5.75 Å². The number of nitrogens with zero attached hydrogens (tertiary/aromatic N) is 3. The van der Waals surface area contributed by atoms with Gasteiger partial charge in [-0.25, -0.2) is 9.78 Å². The molecule has 0 bridgehead atoms. The van der Waals surface area contributed by atoms with Crippen LogP contribution in [0.2, 0.25) is 0 Å². The third kappa shape index (κ3) is 4.76. The Bertz CT molecular complexity index is 843. The van der Waals surface area contributed by atoms with E-state index in [2.05, 4.69) is 31.9 Å². The van der Waals surface area contributed by atoms with Crippen LogP contribution in [-0.2, 0) is 4.74 Å². The van der Waals surface area contributed by atoms with Crippen molar-refractivity contribution in [1.29, 1.82) is 0 Å². The van der Waals surface area contributed by atoms with Gasteiger partial charge in [0, 0.05) is 37.9 Å². The van der Waals surface area contributed by atoms with E-state index >= 15 is 0 Å². The van der Waals surface area contributed by atoms with Crippen molar-refractivity contribution in [2.75, 3.05) is 38.2 Å². The lowest BCUT2D eigenvalue weighted by Crippen LogP contribution is -2.50. The molecule has 0 saturated carbocycles. The van der Waals surface area contributed by atoms with Crippen molar-refractivity contribution < 1.29 is 14.3 Å². The van der Waals surface area contributed by atoms with E-state index in [1.165, 1.54) is 0 Å². The minimum Gasteiger partial charge on any atom is -0.495 e. The Hall–Kier alpha value is -2.28. The molecule has 7 heteroatoms. The lowest BCUT2D eigenvalue weighted by atomic mass is 10.1. The Kier molecular flexibility index (Phi) is 6.13. The number of pyridine rings is 1. The number of amides is 1. The van der Waals surface area contributed by atoms with Gasteiger partial charge in [0.25, 0.3) is 0 Å². The predicted molar refractivity (Wildman–Crippen MR) is 114 cm³/mol. The molecule has 0 spiro atoms. The summed E-state index contributed by atoms with van der Waals surface area (Å²) >= 11 is 3.54. The highest BCUT2D eigenvalue weighted by molar-refractivity contribution is 9.10. The molecule has 0 N–H and O–H groups in total. The molecule has 1 saturated heterocycles. The Balaban J connectivity index is 1.73. The highest BCUT2D eigenvalue weighted by atomic mass is 79.9. The highest BCUT2D eigenvalue weighted by Gasteiger charge is 2.26. The predicted octanol–water partition coefficient (Wildman–Crippen LogP) is 4.58. The van der Waals surface area contributed by atoms with Gasteiger partial charge in [0.15, 0.2) is 0 Å². The van der Waals surface area contributed by atoms with Crippen molar-refractivity contribution in [3.63, 3.8) is 0 Å². The Morgan fingerprint density at radius 3 is 2.50 bits per heavy atom. The highest BCUT2D eigenvalue weighted by Crippen LogP contribution is 2.37. The van der Waals surface area contributed by atoms with Gasteiger partial charge in [-0.1, -0.05) is 12.1 Å². The summed E-state index contributed by atoms with van der Waals surface area (Å²) < 4.78 is 11.9. The molecule has 1 aliphatic rings. The van der Waals surface area contributed by atoms with Crippen molar-refractivity contribution in [3.05, 3.63) is 41.0 Å². The lowest BCUT2D eigenvalue weighted by Gasteiger charge is -2.36. The minimum atomic E-state index is -0.479. The van der Waals surface area contributed by atoms with Crippen LogP contribution >= 0.6 is 15.9 Å². The van der Waals surface area contributed by atoms with E-state index in [1.807, 2.05) is 51.2 Å². The smallest absolute Gasteiger partial charge is 0.410 e. The van der Waals surface area contributed by atoms with Crippen LogP contribution in [0.25, 0.3) is 11.1 Å². The van der Waals surface area contributed by atoms with E-state index in [1.54, 1.807) is 12.0 Å². The van der Waals surface area contributed by atoms with Crippen molar-refractivity contribution in [2.45, 2.75) is 26.4 Å². The number of halogens is 1. The molecule has 1 aromatic heterocycles. The SMILES string of the molecule is COc1c(Br)cccc1-c1ccnc(N2CCN(C(=O)OC(C)(C)C)CC2)c1. The van der Waals surface area contributed by atoms with E-state index in [0.29, 0.717) is 26.2 Å². The summed E-state index contributed by atoms with van der Waals surface area (Å²) in [6, 6.07) is 10.0. The minimum absolute atomic E-state index is 0.257. The van der Waals surface area contributed by atoms with Crippen molar-refractivity contribution in [2.24, 2.45) is 0 Å². The fourth-order valence-corrected chi connectivity index (χ4v) is 3.68. The number of para-hydroxylation sites is 1. The first-order valence-corrected chi connectivity index (χ1v) is 10.1. The van der Waals surface area contributed by atoms with Gasteiger partial charge in [0.1, 0.15) is 17.2 Å². The largest absolute Gasteiger partial charge is 0.495 e. The number of ether oxygens (including phenoxy) is 2. The first-order chi connectivity index (χ1) is 13.3. The fraction of sp³-hybridized carbons (Fsp3) is 0.429. The molecular formula is C21H26BrN3O3. The maximum absolute atomic E-state index is 12.2. The van der Waals surface area contributed by atoms with Gasteiger partial charge in [-0.05, 0) is 60.5 Å². The molecule has 0 aliphatic carbocycles. The van der Waals surface area contributed by atoms with Gasteiger partial charge in [-0.3, -0.25) is 0 Å². The third-order valence-electron chi connectivity index (χ3n) is 4.48. The lowest BCUT2D eigenvalue weighted by molar-refractivity contribution is 0.0240. The molecule has 1 aromatic carbocycles. The van der Waals surface area contributed by atoms with Crippen LogP contribution in [0, 0.1) is 0 Å². The Morgan fingerprint density at radius 1 is 1.14 bits per heavy atom. The van der Waals surface area contributed by atoms with Crippen molar-refractivity contribution >= 4 is 27.8 Å². The molecule has 1 fully saturated rings. The maximum Gasteiger partial charge on any atom is 0.410 e. The van der Waals surface area contributed by atoms with E-state index in [9.17, 15) is 4.79 Å². The molecule has 3 rings (SSSR count). The number of aromatic nitrogens is 1. The molecule has 1 aliphatic heterocycles. The molecule has 2 aromatic rings. The zero-order valence-corrected chi connectivity index (χ0v) is 18.3. The van der Waals surface area contributed by atoms with Crippen LogP contribution < -0.4 is 9.64 Å². The third-order valence-corrected chi connectivity index (χ3v) is 5.11. The van der Waals surface area contributed by atoms with Crippen LogP contribution in [-0.4, -0.2) is 54.9 Å². The number of hydrogen-bond acceptors (Lipinski definition) is 5. The van der Waals surface area contributed by atoms with Crippen LogP contribution in [0.15, 0.2) is 41.0 Å². The zero-order chi connectivity index (χ0) is 20.3. The summed E-state index contributed by atoms with van der Waals surface area (Å²) in [6.07, 6.45) is 1.55. The second kappa shape index (κ2) is 8.39. The average molecular weight is 448 g/mol. The van der Waals surface area contributed by atoms with Crippen LogP contribution in [0.3, 0.4) is 0 Å². The van der Waals surface area contributed by atoms with Crippen molar-refractivity contribution in [1.82, 2.24) is 9.88 Å². The summed E-state index contributed by atoms with van der Waals surface area (Å²) in [5, 5.41) is 0. The molecule has 6 nitrogen and oxygen atoms in total. The van der Waals surface area contributed by atoms with Gasteiger partial charge in [0.05, 0.1) is 11.6 Å². The van der Waals surface area contributed by atoms with Gasteiger partial charge in [0.2, 0.25) is 0 Å². The Labute approximate surface area is 174 Å². The van der Waals surface area contributed by atoms with E-state index in [-0.39, 0.29) is 6.09 Å². The number of rotatable bonds is 3. The number of carbonyl (C=O) groups excluding carboxylic acids is 1. The van der Waals surface area contributed by atoms with Gasteiger partial charge in [-0.2, -0.15) is 0 Å². The summed E-state index contributed by atoms with van der Waals surface area (Å²) in [4.78, 5) is 20.7. The quantitative estimate of drug-likeness (QED) is 0.688. The average Bonchev–Trinajstić information content (AvgIpc) is 2.66. The van der Waals surface area contributed by atoms with E-state index < -0.39 is 5.60 Å². The first-order valence-electron chi connectivity index (χ1n) is 9.30. The number of piperazine rings is 1. The summed E-state index contributed by atoms with van der Waals surface area (Å²) in [7, 11) is 1.67. The molecule has 150 valence electrons. The molecule has 2 heterocycles. The molecular weight excluding hydrogens is 422 g/mol.